The van der Waals surface area contributed by atoms with Crippen molar-refractivity contribution in [2.45, 2.75) is 107 Å². The van der Waals surface area contributed by atoms with Crippen molar-refractivity contribution in [2.24, 2.45) is 0 Å². The Morgan fingerprint density at radius 2 is 1.21 bits per heavy atom. The molecule has 8 amide bonds. The number of benzene rings is 5. The first kappa shape index (κ1) is 62.7. The summed E-state index contributed by atoms with van der Waals surface area (Å²) in [6.07, 6.45) is 0.519. The van der Waals surface area contributed by atoms with Gasteiger partial charge in [-0.05, 0) is 104 Å². The molecule has 0 aromatic heterocycles. The van der Waals surface area contributed by atoms with Crippen LogP contribution in [0.4, 0.5) is 28.4 Å². The highest BCUT2D eigenvalue weighted by molar-refractivity contribution is 7.87. The van der Waals surface area contributed by atoms with E-state index in [0.717, 1.165) is 16.8 Å². The SMILES string of the molecule is COc1cc2c(cc1OCc1cc(COc3cc4c(cc3OC)C(=O)N3c5ccccc5C[C@H]3C(S(=O)(=O)O)N4)cc(NC(=O)[C@H](C)NC(=O)[C@H](C)NC(=O)CCCCC(=O)NCCN3C(=O)CC(S(=O)(=O)O)C3=O)c1)NC[C@@H]1Cc3ccccc3N1C2=O. The van der Waals surface area contributed by atoms with E-state index in [1.165, 1.54) is 45.1 Å². The van der Waals surface area contributed by atoms with Gasteiger partial charge in [-0.15, -0.1) is 0 Å². The second-order valence-electron chi connectivity index (χ2n) is 22.1. The number of hydrogen-bond acceptors (Lipinski definition) is 18. The minimum atomic E-state index is -4.81. The molecule has 5 aromatic carbocycles. The largest absolute Gasteiger partial charge is 0.493 e. The number of amides is 8. The molecule has 5 aliphatic rings. The van der Waals surface area contributed by atoms with Crippen LogP contribution in [-0.4, -0.2) is 147 Å². The van der Waals surface area contributed by atoms with Gasteiger partial charge < -0.3 is 60.6 Å². The smallest absolute Gasteiger partial charge is 0.288 e. The lowest BCUT2D eigenvalue weighted by molar-refractivity contribution is -0.138. The van der Waals surface area contributed by atoms with Crippen LogP contribution < -0.4 is 60.6 Å². The van der Waals surface area contributed by atoms with Gasteiger partial charge in [0.05, 0.1) is 55.2 Å². The molecule has 0 aliphatic carbocycles. The summed E-state index contributed by atoms with van der Waals surface area (Å²) in [6, 6.07) is 22.5. The van der Waals surface area contributed by atoms with Crippen molar-refractivity contribution >= 4 is 95.9 Å². The molecule has 0 saturated carbocycles. The third-order valence-corrected chi connectivity index (χ3v) is 18.2. The van der Waals surface area contributed by atoms with Gasteiger partial charge in [0, 0.05) is 61.7 Å². The summed E-state index contributed by atoms with van der Waals surface area (Å²) in [4.78, 5) is 109. The molecule has 470 valence electrons. The van der Waals surface area contributed by atoms with Gasteiger partial charge >= 0.3 is 0 Å². The summed E-state index contributed by atoms with van der Waals surface area (Å²) in [5.41, 5.74) is 5.35. The zero-order valence-electron chi connectivity index (χ0n) is 48.7. The van der Waals surface area contributed by atoms with E-state index < -0.39 is 96.8 Å². The quantitative estimate of drug-likeness (QED) is 0.0262. The maximum Gasteiger partial charge on any atom is 0.288 e. The third kappa shape index (κ3) is 13.6. The normalized spacial score (nSPS) is 18.9. The maximum absolute atomic E-state index is 14.3. The van der Waals surface area contributed by atoms with Crippen LogP contribution >= 0.6 is 0 Å². The lowest BCUT2D eigenvalue weighted by Crippen LogP contribution is -2.50. The topological polar surface area (TPSA) is 364 Å². The average molecular weight is 1260 g/mol. The molecule has 29 heteroatoms. The zero-order chi connectivity index (χ0) is 63.6. The summed E-state index contributed by atoms with van der Waals surface area (Å²) in [5, 5.41) is 13.3. The second-order valence-corrected chi connectivity index (χ2v) is 25.2. The van der Waals surface area contributed by atoms with Crippen LogP contribution in [0.3, 0.4) is 0 Å². The molecule has 5 aromatic rings. The maximum atomic E-state index is 14.3. The minimum absolute atomic E-state index is 0.0293. The Labute approximate surface area is 511 Å². The molecule has 0 spiro atoms. The number of para-hydroxylation sites is 2. The first-order valence-electron chi connectivity index (χ1n) is 28.5. The molecule has 89 heavy (non-hydrogen) atoms. The number of rotatable bonds is 23. The van der Waals surface area contributed by atoms with Gasteiger partial charge in [-0.25, -0.2) is 0 Å². The number of nitrogens with zero attached hydrogens (tertiary/aromatic N) is 3. The van der Waals surface area contributed by atoms with Gasteiger partial charge in [-0.1, -0.05) is 36.4 Å². The van der Waals surface area contributed by atoms with E-state index in [1.54, 1.807) is 59.5 Å². The number of carbonyl (C=O) groups excluding carboxylic acids is 8. The zero-order valence-corrected chi connectivity index (χ0v) is 50.3. The summed E-state index contributed by atoms with van der Waals surface area (Å²) < 4.78 is 92.8. The van der Waals surface area contributed by atoms with Crippen molar-refractivity contribution in [2.75, 3.05) is 59.6 Å². The number of likely N-dealkylation sites (tertiary alicyclic amines) is 1. The van der Waals surface area contributed by atoms with E-state index >= 15 is 0 Å². The fraction of sp³-hybridized carbons (Fsp3) is 0.367. The Kier molecular flexibility index (Phi) is 18.2. The van der Waals surface area contributed by atoms with Gasteiger partial charge in [0.2, 0.25) is 29.5 Å². The molecule has 10 rings (SSSR count). The van der Waals surface area contributed by atoms with Crippen molar-refractivity contribution in [3.8, 4) is 23.0 Å². The van der Waals surface area contributed by atoms with Crippen LogP contribution in [0, 0.1) is 0 Å². The first-order valence-corrected chi connectivity index (χ1v) is 31.5. The fourth-order valence-corrected chi connectivity index (χ4v) is 13.2. The van der Waals surface area contributed by atoms with Gasteiger partial charge in [-0.3, -0.25) is 52.4 Å². The molecular weight excluding hydrogens is 1200 g/mol. The number of ether oxygens (including phenoxy) is 4. The second kappa shape index (κ2) is 25.8. The summed E-state index contributed by atoms with van der Waals surface area (Å²) in [6.45, 7) is 2.52. The molecule has 0 bridgehead atoms. The molecule has 6 atom stereocenters. The van der Waals surface area contributed by atoms with Crippen LogP contribution in [-0.2, 0) is 75.1 Å². The first-order chi connectivity index (χ1) is 42.4. The van der Waals surface area contributed by atoms with E-state index in [2.05, 4.69) is 31.9 Å². The van der Waals surface area contributed by atoms with Crippen molar-refractivity contribution in [1.29, 1.82) is 0 Å². The molecule has 5 aliphatic heterocycles. The average Bonchev–Trinajstić information content (AvgIpc) is 1.67. The Morgan fingerprint density at radius 3 is 1.82 bits per heavy atom. The number of fused-ring (bicyclic) bond motifs is 8. The highest BCUT2D eigenvalue weighted by Crippen LogP contribution is 2.44. The van der Waals surface area contributed by atoms with E-state index in [-0.39, 0.29) is 105 Å². The molecule has 1 saturated heterocycles. The van der Waals surface area contributed by atoms with Crippen molar-refractivity contribution < 1.29 is 83.2 Å². The number of methoxy groups -OCH3 is 2. The summed E-state index contributed by atoms with van der Waals surface area (Å²) in [7, 11) is -6.76. The lowest BCUT2D eigenvalue weighted by atomic mass is 10.1. The molecule has 0 radical (unpaired) electrons. The number of imide groups is 1. The Balaban J connectivity index is 0.807. The standard InChI is InChI=1S/C60H65N9O18S2/c1-32(63-53(71)16-10-9-15-52(70)61-17-18-67-54(72)28-51(60(67)77)88(78,79)80)55(73)64-33(2)56(74)65-38-20-34(30-86-49-26-42-40(24-47(49)84-3)58(75)68-39(29-62-42)22-36-11-5-7-13-44(36)68)19-35(21-38)31-87-50-27-43-41(25-48(50)85-4)59(76)69-45-14-8-6-12-37(45)23-46(69)57(66-43)89(81,82)83/h5-8,11-14,19-21,24-27,32-33,39,46,51,57,62,66H,9-10,15-18,22-23,28-31H2,1-4H3,(H,61,70)(H,63,71)(H,64,73)(H,65,74)(H,78,79,80)(H,81,82,83)/t32-,33-,39-,46-,51?,57?/m0/s1. The van der Waals surface area contributed by atoms with Gasteiger partial charge in [0.1, 0.15) is 25.3 Å². The predicted octanol–water partition coefficient (Wildman–Crippen LogP) is 3.71. The number of carbonyl (C=O) groups is 8. The Morgan fingerprint density at radius 1 is 0.652 bits per heavy atom. The third-order valence-electron chi connectivity index (χ3n) is 16.0. The van der Waals surface area contributed by atoms with Crippen molar-refractivity contribution in [1.82, 2.24) is 20.9 Å². The summed E-state index contributed by atoms with van der Waals surface area (Å²) >= 11 is 0. The number of unbranched alkanes of at least 4 members (excludes halogenated alkanes) is 1. The van der Waals surface area contributed by atoms with Crippen LogP contribution in [0.5, 0.6) is 23.0 Å². The number of hydrogen-bond donors (Lipinski definition) is 8. The summed E-state index contributed by atoms with van der Waals surface area (Å²) in [5.74, 6) is -4.19. The van der Waals surface area contributed by atoms with Gasteiger partial charge in [0.15, 0.2) is 33.6 Å². The number of nitrogens with one attached hydrogen (secondary N) is 6. The van der Waals surface area contributed by atoms with Crippen molar-refractivity contribution in [3.05, 3.63) is 124 Å². The van der Waals surface area contributed by atoms with Gasteiger partial charge in [-0.2, -0.15) is 16.8 Å². The molecule has 2 unspecified atom stereocenters. The predicted molar refractivity (Wildman–Crippen MR) is 322 cm³/mol. The Hall–Kier alpha value is -9.32. The molecule has 8 N–H and O–H groups in total. The Bertz CT molecular complexity index is 3940. The van der Waals surface area contributed by atoms with E-state index in [9.17, 15) is 64.3 Å². The van der Waals surface area contributed by atoms with Crippen LogP contribution in [0.2, 0.25) is 0 Å². The van der Waals surface area contributed by atoms with E-state index in [0.29, 0.717) is 51.7 Å². The molecule has 5 heterocycles. The fourth-order valence-electron chi connectivity index (χ4n) is 11.6. The van der Waals surface area contributed by atoms with Crippen molar-refractivity contribution in [3.63, 3.8) is 0 Å². The highest BCUT2D eigenvalue weighted by atomic mass is 32.2. The van der Waals surface area contributed by atoms with E-state index in [4.69, 9.17) is 18.9 Å². The van der Waals surface area contributed by atoms with E-state index in [1.807, 2.05) is 24.3 Å². The minimum Gasteiger partial charge on any atom is -0.493 e. The lowest BCUT2D eigenvalue weighted by Gasteiger charge is -2.27. The van der Waals surface area contributed by atoms with Crippen LogP contribution in [0.25, 0.3) is 0 Å². The monoisotopic (exact) mass is 1260 g/mol. The van der Waals surface area contributed by atoms with Crippen LogP contribution in [0.1, 0.15) is 88.9 Å². The molecule has 27 nitrogen and oxygen atoms in total. The molecular formula is C60H65N9O18S2. The molecule has 1 fully saturated rings. The highest BCUT2D eigenvalue weighted by Gasteiger charge is 2.48. The van der Waals surface area contributed by atoms with Crippen LogP contribution in [0.15, 0.2) is 91.0 Å². The number of anilines is 5. The van der Waals surface area contributed by atoms with Gasteiger partial charge in [0.25, 0.3) is 38.0 Å².